The number of rotatable bonds is 4. The second-order valence-electron chi connectivity index (χ2n) is 6.44. The fraction of sp³-hybridized carbons (Fsp3) is 0.0909. The van der Waals surface area contributed by atoms with Crippen LogP contribution in [0.4, 0.5) is 0 Å². The van der Waals surface area contributed by atoms with E-state index in [1.54, 1.807) is 48.6 Å². The SMILES string of the molecule is O=C=C1C(C(=O)[O-])=CC=CC1c1ncc[nH]1.O=C=C1C(C(=O)[O-])=CC=CC1c1ncc[nH]1.[Zn+2]. The van der Waals surface area contributed by atoms with Crippen LogP contribution in [0.1, 0.15) is 23.5 Å². The molecule has 2 aromatic rings. The first kappa shape index (κ1) is 25.1. The summed E-state index contributed by atoms with van der Waals surface area (Å²) in [6, 6.07) is 0. The Morgan fingerprint density at radius 2 is 1.18 bits per heavy atom. The molecule has 0 fully saturated rings. The molecule has 2 aliphatic carbocycles. The minimum absolute atomic E-state index is 0. The molecule has 2 aliphatic rings. The van der Waals surface area contributed by atoms with E-state index >= 15 is 0 Å². The summed E-state index contributed by atoms with van der Waals surface area (Å²) in [7, 11) is 0. The van der Waals surface area contributed by atoms with Gasteiger partial charge in [-0.2, -0.15) is 0 Å². The van der Waals surface area contributed by atoms with Gasteiger partial charge < -0.3 is 29.8 Å². The Balaban J connectivity index is 0.000000227. The number of nitrogens with zero attached hydrogens (tertiary/aromatic N) is 2. The first-order valence-electron chi connectivity index (χ1n) is 9.16. The smallest absolute Gasteiger partial charge is 0.545 e. The maximum atomic E-state index is 10.8. The topological polar surface area (TPSA) is 172 Å². The van der Waals surface area contributed by atoms with Gasteiger partial charge in [0.1, 0.15) is 23.5 Å². The van der Waals surface area contributed by atoms with Crippen molar-refractivity contribution in [2.75, 3.05) is 0 Å². The summed E-state index contributed by atoms with van der Waals surface area (Å²) in [4.78, 5) is 56.8. The zero-order chi connectivity index (χ0) is 23.1. The first-order chi connectivity index (χ1) is 15.5. The van der Waals surface area contributed by atoms with Crippen molar-refractivity contribution in [2.45, 2.75) is 11.8 Å². The Hall–Kier alpha value is -4.16. The van der Waals surface area contributed by atoms with Crippen molar-refractivity contribution in [1.82, 2.24) is 19.9 Å². The number of allylic oxidation sites excluding steroid dienone is 6. The zero-order valence-corrected chi connectivity index (χ0v) is 19.9. The number of carboxylic acid groups (broad SMARTS) is 2. The Kier molecular flexibility index (Phi) is 8.72. The molecule has 0 aliphatic heterocycles. The molecule has 2 N–H and O–H groups in total. The third kappa shape index (κ3) is 5.56. The molecule has 0 radical (unpaired) electrons. The second-order valence-corrected chi connectivity index (χ2v) is 6.44. The van der Waals surface area contributed by atoms with Crippen LogP contribution in [0, 0.1) is 0 Å². The molecule has 0 saturated heterocycles. The molecule has 2 aromatic heterocycles. The van der Waals surface area contributed by atoms with Crippen molar-refractivity contribution < 1.29 is 48.9 Å². The van der Waals surface area contributed by atoms with Gasteiger partial charge in [0.2, 0.25) is 0 Å². The monoisotopic (exact) mass is 494 g/mol. The summed E-state index contributed by atoms with van der Waals surface area (Å²) in [5.41, 5.74) is -0.257. The molecule has 0 amide bonds. The minimum atomic E-state index is -1.39. The van der Waals surface area contributed by atoms with Crippen LogP contribution in [0.5, 0.6) is 0 Å². The molecular formula is C22H14N4O6Zn. The quantitative estimate of drug-likeness (QED) is 0.401. The fourth-order valence-corrected chi connectivity index (χ4v) is 3.18. The van der Waals surface area contributed by atoms with Gasteiger partial charge in [-0.15, -0.1) is 0 Å². The molecule has 160 valence electrons. The van der Waals surface area contributed by atoms with E-state index in [4.69, 9.17) is 0 Å². The number of aromatic nitrogens is 4. The van der Waals surface area contributed by atoms with E-state index in [1.807, 2.05) is 0 Å². The van der Waals surface area contributed by atoms with Crippen LogP contribution >= 0.6 is 0 Å². The third-order valence-electron chi connectivity index (χ3n) is 4.62. The minimum Gasteiger partial charge on any atom is -0.545 e. The van der Waals surface area contributed by atoms with Gasteiger partial charge in [0.05, 0.1) is 34.9 Å². The van der Waals surface area contributed by atoms with Crippen LogP contribution < -0.4 is 10.2 Å². The molecule has 11 heteroatoms. The maximum Gasteiger partial charge on any atom is 2.00 e. The normalized spacial score (nSPS) is 18.5. The summed E-state index contributed by atoms with van der Waals surface area (Å²) >= 11 is 0. The van der Waals surface area contributed by atoms with Crippen LogP contribution in [-0.2, 0) is 38.7 Å². The number of carbonyl (C=O) groups excluding carboxylic acids is 4. The number of carboxylic acids is 2. The molecule has 0 saturated carbocycles. The van der Waals surface area contributed by atoms with Gasteiger partial charge in [0.15, 0.2) is 0 Å². The standard InChI is InChI=1S/2C11H8N2O3.Zn/c2*14-6-9-7(10-12-4-5-13-10)2-1-3-8(9)11(15)16;/h2*1-5,7H,(H,12,13)(H,15,16);/q;;+2/p-2. The van der Waals surface area contributed by atoms with Crippen molar-refractivity contribution >= 4 is 23.8 Å². The van der Waals surface area contributed by atoms with Crippen molar-refractivity contribution in [3.63, 3.8) is 0 Å². The zero-order valence-electron chi connectivity index (χ0n) is 17.0. The average molecular weight is 496 g/mol. The van der Waals surface area contributed by atoms with E-state index in [-0.39, 0.29) is 41.8 Å². The molecule has 33 heavy (non-hydrogen) atoms. The van der Waals surface area contributed by atoms with E-state index in [1.165, 1.54) is 24.5 Å². The van der Waals surface area contributed by atoms with Gasteiger partial charge in [-0.05, 0) is 0 Å². The van der Waals surface area contributed by atoms with E-state index in [0.717, 1.165) is 0 Å². The van der Waals surface area contributed by atoms with Gasteiger partial charge >= 0.3 is 19.5 Å². The molecule has 0 aromatic carbocycles. The van der Waals surface area contributed by atoms with Crippen molar-refractivity contribution in [3.05, 3.63) is 95.2 Å². The van der Waals surface area contributed by atoms with Gasteiger partial charge in [-0.25, -0.2) is 19.6 Å². The van der Waals surface area contributed by atoms with Gasteiger partial charge in [0.25, 0.3) is 0 Å². The van der Waals surface area contributed by atoms with Gasteiger partial charge in [-0.1, -0.05) is 36.5 Å². The molecule has 2 atom stereocenters. The van der Waals surface area contributed by atoms with Crippen LogP contribution in [0.25, 0.3) is 0 Å². The number of nitrogens with one attached hydrogen (secondary N) is 2. The summed E-state index contributed by atoms with van der Waals surface area (Å²) in [5, 5.41) is 21.6. The largest absolute Gasteiger partial charge is 2.00 e. The van der Waals surface area contributed by atoms with E-state index in [9.17, 15) is 29.4 Å². The van der Waals surface area contributed by atoms with Gasteiger partial charge in [0, 0.05) is 35.9 Å². The Morgan fingerprint density at radius 1 is 0.788 bits per heavy atom. The molecule has 2 heterocycles. The maximum absolute atomic E-state index is 10.8. The number of H-pyrrole nitrogens is 2. The summed E-state index contributed by atoms with van der Waals surface area (Å²) in [5.74, 6) is 0.486. The molecular weight excluding hydrogens is 482 g/mol. The molecule has 4 rings (SSSR count). The number of hydrogen-bond donors (Lipinski definition) is 2. The average Bonchev–Trinajstić information content (AvgIpc) is 3.52. The van der Waals surface area contributed by atoms with Crippen LogP contribution in [0.2, 0.25) is 0 Å². The Labute approximate surface area is 199 Å². The Bertz CT molecular complexity index is 1140. The summed E-state index contributed by atoms with van der Waals surface area (Å²) in [6.45, 7) is 0. The fourth-order valence-electron chi connectivity index (χ4n) is 3.18. The number of hydrogen-bond acceptors (Lipinski definition) is 8. The first-order valence-corrected chi connectivity index (χ1v) is 9.16. The molecule has 0 bridgehead atoms. The van der Waals surface area contributed by atoms with Gasteiger partial charge in [-0.3, -0.25) is 0 Å². The van der Waals surface area contributed by atoms with Crippen molar-refractivity contribution in [2.24, 2.45) is 0 Å². The third-order valence-corrected chi connectivity index (χ3v) is 4.62. The van der Waals surface area contributed by atoms with Crippen LogP contribution in [0.15, 0.2) is 83.5 Å². The van der Waals surface area contributed by atoms with Crippen LogP contribution in [-0.4, -0.2) is 43.8 Å². The number of imidazole rings is 2. The van der Waals surface area contributed by atoms with Crippen LogP contribution in [0.3, 0.4) is 0 Å². The van der Waals surface area contributed by atoms with Crippen molar-refractivity contribution in [3.8, 4) is 0 Å². The van der Waals surface area contributed by atoms with Crippen molar-refractivity contribution in [1.29, 1.82) is 0 Å². The second kappa shape index (κ2) is 11.5. The predicted octanol–water partition coefficient (Wildman–Crippen LogP) is -1.01. The van der Waals surface area contributed by atoms with E-state index in [0.29, 0.717) is 11.6 Å². The number of aromatic amines is 2. The summed E-state index contributed by atoms with van der Waals surface area (Å²) in [6.07, 6.45) is 15.3. The summed E-state index contributed by atoms with van der Waals surface area (Å²) < 4.78 is 0. The molecule has 0 spiro atoms. The molecule has 2 unspecified atom stereocenters. The van der Waals surface area contributed by atoms with E-state index in [2.05, 4.69) is 19.9 Å². The Morgan fingerprint density at radius 3 is 1.45 bits per heavy atom. The molecule has 10 nitrogen and oxygen atoms in total. The van der Waals surface area contributed by atoms with E-state index < -0.39 is 23.8 Å². The predicted molar refractivity (Wildman–Crippen MR) is 106 cm³/mol. The number of carbonyl (C=O) groups is 2. The number of aliphatic carboxylic acids is 2.